The first kappa shape index (κ1) is 17.4. The van der Waals surface area contributed by atoms with E-state index in [1.807, 2.05) is 29.9 Å². The second-order valence-electron chi connectivity index (χ2n) is 5.91. The largest absolute Gasteiger partial charge is 0.490 e. The lowest BCUT2D eigenvalue weighted by atomic mass is 10.1. The molecule has 0 saturated carbocycles. The van der Waals surface area contributed by atoms with E-state index in [2.05, 4.69) is 0 Å². The van der Waals surface area contributed by atoms with Gasteiger partial charge in [-0.2, -0.15) is 4.31 Å². The first-order valence-corrected chi connectivity index (χ1v) is 9.25. The normalized spacial score (nSPS) is 18.4. The minimum absolute atomic E-state index is 0.0318. The smallest absolute Gasteiger partial charge is 0.312 e. The van der Waals surface area contributed by atoms with Gasteiger partial charge in [0.2, 0.25) is 10.0 Å². The van der Waals surface area contributed by atoms with Gasteiger partial charge in [0.25, 0.3) is 0 Å². The highest BCUT2D eigenvalue weighted by Crippen LogP contribution is 2.38. The fourth-order valence-corrected chi connectivity index (χ4v) is 4.94. The molecule has 0 amide bonds. The second-order valence-corrected chi connectivity index (χ2v) is 7.80. The minimum Gasteiger partial charge on any atom is -0.490 e. The zero-order valence-corrected chi connectivity index (χ0v) is 14.8. The average molecular weight is 365 g/mol. The van der Waals surface area contributed by atoms with E-state index in [0.717, 1.165) is 24.6 Å². The number of nitro benzene ring substituents is 1. The quantitative estimate of drug-likeness (QED) is 0.599. The summed E-state index contributed by atoms with van der Waals surface area (Å²) in [6, 6.07) is 7.23. The topological polar surface area (TPSA) is 94.7 Å². The van der Waals surface area contributed by atoms with Gasteiger partial charge in [-0.25, -0.2) is 8.42 Å². The van der Waals surface area contributed by atoms with Crippen LogP contribution in [0, 0.1) is 10.1 Å². The third kappa shape index (κ3) is 3.00. The van der Waals surface area contributed by atoms with Crippen molar-refractivity contribution in [3.63, 3.8) is 0 Å². The number of nitro groups is 1. The predicted octanol–water partition coefficient (Wildman–Crippen LogP) is 2.47. The van der Waals surface area contributed by atoms with Gasteiger partial charge in [-0.3, -0.25) is 10.1 Å². The van der Waals surface area contributed by atoms with Gasteiger partial charge in [0.1, 0.15) is 0 Å². The summed E-state index contributed by atoms with van der Waals surface area (Å²) in [5.74, 6) is 0.0318. The molecule has 2 heterocycles. The molecule has 1 aliphatic heterocycles. The third-order valence-electron chi connectivity index (χ3n) is 4.48. The summed E-state index contributed by atoms with van der Waals surface area (Å²) in [5.41, 5.74) is 0.544. The molecule has 0 spiro atoms. The summed E-state index contributed by atoms with van der Waals surface area (Å²) in [6.45, 7) is 0.387. The van der Waals surface area contributed by atoms with Crippen LogP contribution in [0.15, 0.2) is 41.4 Å². The summed E-state index contributed by atoms with van der Waals surface area (Å²) < 4.78 is 34.4. The van der Waals surface area contributed by atoms with Crippen molar-refractivity contribution in [1.29, 1.82) is 0 Å². The van der Waals surface area contributed by atoms with Crippen LogP contribution in [0.5, 0.6) is 5.75 Å². The maximum Gasteiger partial charge on any atom is 0.312 e. The number of benzene rings is 1. The third-order valence-corrected chi connectivity index (χ3v) is 6.39. The molecule has 0 bridgehead atoms. The zero-order valence-electron chi connectivity index (χ0n) is 14.0. The summed E-state index contributed by atoms with van der Waals surface area (Å²) >= 11 is 0. The molecule has 1 saturated heterocycles. The highest BCUT2D eigenvalue weighted by Gasteiger charge is 2.38. The Balaban J connectivity index is 2.03. The Hall–Kier alpha value is -2.39. The Bertz CT molecular complexity index is 906. The Morgan fingerprint density at radius 2 is 2.08 bits per heavy atom. The second kappa shape index (κ2) is 6.49. The van der Waals surface area contributed by atoms with E-state index in [0.29, 0.717) is 6.54 Å². The van der Waals surface area contributed by atoms with E-state index in [4.69, 9.17) is 4.74 Å². The van der Waals surface area contributed by atoms with Crippen LogP contribution in [-0.4, -0.2) is 35.9 Å². The molecule has 1 aliphatic rings. The van der Waals surface area contributed by atoms with E-state index in [-0.39, 0.29) is 22.4 Å². The number of rotatable bonds is 5. The van der Waals surface area contributed by atoms with Crippen LogP contribution in [0.4, 0.5) is 5.69 Å². The molecule has 0 radical (unpaired) electrons. The summed E-state index contributed by atoms with van der Waals surface area (Å²) in [5, 5.41) is 11.2. The van der Waals surface area contributed by atoms with Crippen molar-refractivity contribution in [2.45, 2.75) is 23.8 Å². The zero-order chi connectivity index (χ0) is 18.2. The number of nitrogens with zero attached hydrogens (tertiary/aromatic N) is 3. The van der Waals surface area contributed by atoms with E-state index in [1.165, 1.54) is 23.5 Å². The number of hydrogen-bond acceptors (Lipinski definition) is 5. The standard InChI is InChI=1S/C16H19N3O5S/c1-17-9-3-5-13(17)14-6-4-10-18(14)25(22,23)12-7-8-16(24-2)15(11-12)19(20)21/h3,5,7-9,11,14H,4,6,10H2,1-2H3/t14-/m1/s1. The summed E-state index contributed by atoms with van der Waals surface area (Å²) in [7, 11) is -0.672. The van der Waals surface area contributed by atoms with Crippen LogP contribution in [0.25, 0.3) is 0 Å². The molecule has 1 aromatic heterocycles. The number of methoxy groups -OCH3 is 1. The number of sulfonamides is 1. The van der Waals surface area contributed by atoms with Crippen LogP contribution < -0.4 is 4.74 Å². The monoisotopic (exact) mass is 365 g/mol. The van der Waals surface area contributed by atoms with Gasteiger partial charge in [-0.05, 0) is 37.1 Å². The molecule has 1 atom stereocenters. The molecule has 1 fully saturated rings. The number of aryl methyl sites for hydroxylation is 1. The highest BCUT2D eigenvalue weighted by molar-refractivity contribution is 7.89. The van der Waals surface area contributed by atoms with Gasteiger partial charge >= 0.3 is 5.69 Å². The molecular formula is C16H19N3O5S. The lowest BCUT2D eigenvalue weighted by molar-refractivity contribution is -0.386. The SMILES string of the molecule is COc1ccc(S(=O)(=O)N2CCC[C@@H]2c2cccn2C)cc1[N+](=O)[O-]. The van der Waals surface area contributed by atoms with Gasteiger partial charge < -0.3 is 9.30 Å². The molecule has 9 heteroatoms. The van der Waals surface area contributed by atoms with Crippen molar-refractivity contribution < 1.29 is 18.1 Å². The van der Waals surface area contributed by atoms with E-state index in [1.54, 1.807) is 0 Å². The molecular weight excluding hydrogens is 346 g/mol. The molecule has 0 unspecified atom stereocenters. The molecule has 134 valence electrons. The predicted molar refractivity (Wildman–Crippen MR) is 90.9 cm³/mol. The van der Waals surface area contributed by atoms with E-state index in [9.17, 15) is 18.5 Å². The van der Waals surface area contributed by atoms with E-state index >= 15 is 0 Å². The molecule has 8 nitrogen and oxygen atoms in total. The van der Waals surface area contributed by atoms with Crippen molar-refractivity contribution in [1.82, 2.24) is 8.87 Å². The van der Waals surface area contributed by atoms with Gasteiger partial charge in [-0.1, -0.05) is 0 Å². The van der Waals surface area contributed by atoms with Crippen molar-refractivity contribution in [2.24, 2.45) is 7.05 Å². The van der Waals surface area contributed by atoms with Gasteiger partial charge in [0, 0.05) is 31.5 Å². The number of hydrogen-bond donors (Lipinski definition) is 0. The van der Waals surface area contributed by atoms with Crippen LogP contribution in [0.1, 0.15) is 24.6 Å². The summed E-state index contributed by atoms with van der Waals surface area (Å²) in [6.07, 6.45) is 3.33. The molecule has 0 aliphatic carbocycles. The Kier molecular flexibility index (Phi) is 4.53. The molecule has 1 aromatic carbocycles. The van der Waals surface area contributed by atoms with Gasteiger partial charge in [0.15, 0.2) is 5.75 Å². The van der Waals surface area contributed by atoms with Gasteiger partial charge in [0.05, 0.1) is 23.0 Å². The lowest BCUT2D eigenvalue weighted by Gasteiger charge is -2.24. The molecule has 25 heavy (non-hydrogen) atoms. The van der Waals surface area contributed by atoms with Crippen LogP contribution in [0.3, 0.4) is 0 Å². The Labute approximate surface area is 145 Å². The molecule has 0 N–H and O–H groups in total. The van der Waals surface area contributed by atoms with Crippen molar-refractivity contribution >= 4 is 15.7 Å². The fourth-order valence-electron chi connectivity index (χ4n) is 3.25. The van der Waals surface area contributed by atoms with Crippen molar-refractivity contribution in [2.75, 3.05) is 13.7 Å². The van der Waals surface area contributed by atoms with Crippen molar-refractivity contribution in [3.8, 4) is 5.75 Å². The maximum absolute atomic E-state index is 13.1. The Morgan fingerprint density at radius 1 is 1.32 bits per heavy atom. The van der Waals surface area contributed by atoms with E-state index < -0.39 is 14.9 Å². The van der Waals surface area contributed by atoms with Crippen molar-refractivity contribution in [3.05, 3.63) is 52.3 Å². The molecule has 2 aromatic rings. The van der Waals surface area contributed by atoms with Gasteiger partial charge in [-0.15, -0.1) is 0 Å². The maximum atomic E-state index is 13.1. The minimum atomic E-state index is -3.85. The van der Waals surface area contributed by atoms with Crippen LogP contribution >= 0.6 is 0 Å². The highest BCUT2D eigenvalue weighted by atomic mass is 32.2. The average Bonchev–Trinajstić information content (AvgIpc) is 3.22. The number of aromatic nitrogens is 1. The number of ether oxygens (including phenoxy) is 1. The lowest BCUT2D eigenvalue weighted by Crippen LogP contribution is -2.31. The Morgan fingerprint density at radius 3 is 2.68 bits per heavy atom. The fraction of sp³-hybridized carbons (Fsp3) is 0.375. The molecule has 3 rings (SSSR count). The first-order chi connectivity index (χ1) is 11.9. The first-order valence-electron chi connectivity index (χ1n) is 7.81. The van der Waals surface area contributed by atoms with Crippen LogP contribution in [-0.2, 0) is 17.1 Å². The summed E-state index contributed by atoms with van der Waals surface area (Å²) in [4.78, 5) is 10.5. The van der Waals surface area contributed by atoms with Crippen LogP contribution in [0.2, 0.25) is 0 Å².